The Balaban J connectivity index is 1.58. The molecule has 10 heteroatoms. The molecule has 0 aliphatic carbocycles. The van der Waals surface area contributed by atoms with E-state index in [2.05, 4.69) is 4.90 Å². The number of nitrogens with zero attached hydrogens (tertiary/aromatic N) is 2. The maximum atomic E-state index is 13.4. The number of carbonyl (C=O) groups excluding carboxylic acids is 2. The Kier molecular flexibility index (Phi) is 7.20. The molecule has 0 bridgehead atoms. The highest BCUT2D eigenvalue weighted by molar-refractivity contribution is 6.46. The van der Waals surface area contributed by atoms with Crippen molar-refractivity contribution >= 4 is 17.4 Å². The highest BCUT2D eigenvalue weighted by Crippen LogP contribution is 2.44. The van der Waals surface area contributed by atoms with Crippen LogP contribution in [-0.2, 0) is 14.3 Å². The summed E-state index contributed by atoms with van der Waals surface area (Å²) in [5.74, 6) is 0.325. The van der Waals surface area contributed by atoms with Crippen molar-refractivity contribution in [1.82, 2.24) is 9.80 Å². The average Bonchev–Trinajstić information content (AvgIpc) is 3.20. The third-order valence-electron chi connectivity index (χ3n) is 6.85. The molecule has 0 saturated carbocycles. The number of aliphatic hydroxyl groups excluding tert-OH is 1. The van der Waals surface area contributed by atoms with Gasteiger partial charge in [-0.1, -0.05) is 0 Å². The number of fused-ring (bicyclic) bond motifs is 1. The molecule has 2 saturated heterocycles. The second-order valence-electron chi connectivity index (χ2n) is 8.91. The minimum Gasteiger partial charge on any atom is -0.507 e. The van der Waals surface area contributed by atoms with Crippen LogP contribution in [0.2, 0.25) is 0 Å². The SMILES string of the molecule is COc1ccc(C2C(=C(O)c3ccc4c(c3)OCCO4)C(=O)C(=O)N2CCN2CCOCC2)c(OC)c1. The summed E-state index contributed by atoms with van der Waals surface area (Å²) in [4.78, 5) is 30.4. The van der Waals surface area contributed by atoms with E-state index < -0.39 is 17.7 Å². The van der Waals surface area contributed by atoms with Crippen LogP contribution < -0.4 is 18.9 Å². The van der Waals surface area contributed by atoms with Crippen LogP contribution in [0.4, 0.5) is 0 Å². The number of methoxy groups -OCH3 is 2. The van der Waals surface area contributed by atoms with Crippen molar-refractivity contribution in [1.29, 1.82) is 0 Å². The second-order valence-corrected chi connectivity index (χ2v) is 8.91. The molecule has 3 heterocycles. The van der Waals surface area contributed by atoms with Gasteiger partial charge in [0.15, 0.2) is 11.5 Å². The summed E-state index contributed by atoms with van der Waals surface area (Å²) < 4.78 is 27.6. The van der Waals surface area contributed by atoms with Gasteiger partial charge in [-0.3, -0.25) is 14.5 Å². The predicted molar refractivity (Wildman–Crippen MR) is 133 cm³/mol. The van der Waals surface area contributed by atoms with Gasteiger partial charge in [-0.25, -0.2) is 0 Å². The summed E-state index contributed by atoms with van der Waals surface area (Å²) in [5.41, 5.74) is 0.920. The van der Waals surface area contributed by atoms with Crippen LogP contribution in [0.3, 0.4) is 0 Å². The van der Waals surface area contributed by atoms with E-state index in [-0.39, 0.29) is 11.3 Å². The molecule has 0 spiro atoms. The first-order valence-corrected chi connectivity index (χ1v) is 12.2. The smallest absolute Gasteiger partial charge is 0.295 e. The van der Waals surface area contributed by atoms with Crippen LogP contribution >= 0.6 is 0 Å². The number of ketones is 1. The fraction of sp³-hybridized carbons (Fsp3) is 0.407. The number of hydrogen-bond acceptors (Lipinski definition) is 9. The van der Waals surface area contributed by atoms with Crippen LogP contribution in [0.5, 0.6) is 23.0 Å². The van der Waals surface area contributed by atoms with E-state index in [1.165, 1.54) is 12.0 Å². The molecule has 1 N–H and O–H groups in total. The van der Waals surface area contributed by atoms with Crippen molar-refractivity contribution in [3.63, 3.8) is 0 Å². The number of morpholine rings is 1. The molecule has 10 nitrogen and oxygen atoms in total. The number of amides is 1. The van der Waals surface area contributed by atoms with Crippen molar-refractivity contribution in [2.75, 3.05) is 66.8 Å². The van der Waals surface area contributed by atoms with E-state index >= 15 is 0 Å². The maximum absolute atomic E-state index is 13.4. The topological polar surface area (TPSA) is 107 Å². The van der Waals surface area contributed by atoms with Gasteiger partial charge in [0.2, 0.25) is 0 Å². The monoisotopic (exact) mass is 510 g/mol. The van der Waals surface area contributed by atoms with E-state index in [0.29, 0.717) is 73.6 Å². The Labute approximate surface area is 214 Å². The van der Waals surface area contributed by atoms with Gasteiger partial charge >= 0.3 is 0 Å². The zero-order valence-electron chi connectivity index (χ0n) is 20.9. The van der Waals surface area contributed by atoms with E-state index in [1.807, 2.05) is 0 Å². The summed E-state index contributed by atoms with van der Waals surface area (Å²) in [6, 6.07) is 9.29. The molecule has 3 aliphatic rings. The average molecular weight is 511 g/mol. The third kappa shape index (κ3) is 4.82. The molecular weight excluding hydrogens is 480 g/mol. The first kappa shape index (κ1) is 24.9. The first-order valence-electron chi connectivity index (χ1n) is 12.2. The minimum absolute atomic E-state index is 0.00729. The highest BCUT2D eigenvalue weighted by Gasteiger charge is 2.47. The van der Waals surface area contributed by atoms with Gasteiger partial charge in [0.05, 0.1) is 39.0 Å². The number of ether oxygens (including phenoxy) is 5. The zero-order chi connectivity index (χ0) is 25.9. The van der Waals surface area contributed by atoms with Gasteiger partial charge in [-0.2, -0.15) is 0 Å². The Morgan fingerprint density at radius 1 is 0.946 bits per heavy atom. The van der Waals surface area contributed by atoms with Gasteiger partial charge in [0, 0.05) is 43.4 Å². The molecular formula is C27H30N2O8. The summed E-state index contributed by atoms with van der Waals surface area (Å²) in [6.45, 7) is 4.42. The Bertz CT molecular complexity index is 1220. The minimum atomic E-state index is -0.852. The van der Waals surface area contributed by atoms with Crippen LogP contribution in [0.1, 0.15) is 17.2 Å². The van der Waals surface area contributed by atoms with Gasteiger partial charge in [0.1, 0.15) is 30.5 Å². The van der Waals surface area contributed by atoms with E-state index in [1.54, 1.807) is 43.5 Å². The molecule has 2 aromatic rings. The quantitative estimate of drug-likeness (QED) is 0.341. The molecule has 1 atom stereocenters. The summed E-state index contributed by atoms with van der Waals surface area (Å²) in [5, 5.41) is 11.4. The summed E-state index contributed by atoms with van der Waals surface area (Å²) >= 11 is 0. The van der Waals surface area contributed by atoms with E-state index in [9.17, 15) is 14.7 Å². The molecule has 37 heavy (non-hydrogen) atoms. The normalized spacial score (nSPS) is 21.2. The highest BCUT2D eigenvalue weighted by atomic mass is 16.6. The fourth-order valence-corrected chi connectivity index (χ4v) is 4.90. The lowest BCUT2D eigenvalue weighted by atomic mass is 9.94. The largest absolute Gasteiger partial charge is 0.507 e. The summed E-state index contributed by atoms with van der Waals surface area (Å²) in [6.07, 6.45) is 0. The van der Waals surface area contributed by atoms with Crippen molar-refractivity contribution in [2.24, 2.45) is 0 Å². The number of aliphatic hydroxyl groups is 1. The van der Waals surface area contributed by atoms with Crippen LogP contribution in [0.15, 0.2) is 42.0 Å². The van der Waals surface area contributed by atoms with Crippen molar-refractivity contribution in [3.05, 3.63) is 53.1 Å². The third-order valence-corrected chi connectivity index (χ3v) is 6.85. The fourth-order valence-electron chi connectivity index (χ4n) is 4.90. The lowest BCUT2D eigenvalue weighted by molar-refractivity contribution is -0.140. The number of likely N-dealkylation sites (tertiary alicyclic amines) is 1. The molecule has 2 fully saturated rings. The molecule has 0 aromatic heterocycles. The number of carbonyl (C=O) groups is 2. The van der Waals surface area contributed by atoms with Crippen LogP contribution in [0.25, 0.3) is 5.76 Å². The van der Waals surface area contributed by atoms with E-state index in [0.717, 1.165) is 13.1 Å². The van der Waals surface area contributed by atoms with Crippen molar-refractivity contribution in [3.8, 4) is 23.0 Å². The molecule has 2 aromatic carbocycles. The Hall–Kier alpha value is -3.76. The number of hydrogen-bond donors (Lipinski definition) is 1. The molecule has 1 amide bonds. The number of Topliss-reactive ketones (excluding diaryl/α,β-unsaturated/α-hetero) is 1. The van der Waals surface area contributed by atoms with Crippen molar-refractivity contribution < 1.29 is 38.4 Å². The Morgan fingerprint density at radius 3 is 2.43 bits per heavy atom. The van der Waals surface area contributed by atoms with Crippen LogP contribution in [0, 0.1) is 0 Å². The second kappa shape index (κ2) is 10.7. The molecule has 196 valence electrons. The molecule has 5 rings (SSSR count). The maximum Gasteiger partial charge on any atom is 0.295 e. The zero-order valence-corrected chi connectivity index (χ0v) is 20.9. The van der Waals surface area contributed by atoms with Crippen LogP contribution in [-0.4, -0.2) is 93.4 Å². The molecule has 0 radical (unpaired) electrons. The predicted octanol–water partition coefficient (Wildman–Crippen LogP) is 2.23. The van der Waals surface area contributed by atoms with Gasteiger partial charge in [-0.05, 0) is 30.3 Å². The standard InChI is InChI=1S/C27H30N2O8/c1-33-18-4-5-19(21(16-18)34-2)24-23(25(30)17-3-6-20-22(15-17)37-14-13-36-20)26(31)27(32)29(24)8-7-28-9-11-35-12-10-28/h3-6,15-16,24,30H,7-14H2,1-2H3. The van der Waals surface area contributed by atoms with Gasteiger partial charge in [0.25, 0.3) is 11.7 Å². The summed E-state index contributed by atoms with van der Waals surface area (Å²) in [7, 11) is 3.06. The molecule has 1 unspecified atom stereocenters. The van der Waals surface area contributed by atoms with Gasteiger partial charge in [-0.15, -0.1) is 0 Å². The van der Waals surface area contributed by atoms with Crippen molar-refractivity contribution in [2.45, 2.75) is 6.04 Å². The lowest BCUT2D eigenvalue weighted by Crippen LogP contribution is -2.42. The Morgan fingerprint density at radius 2 is 1.70 bits per heavy atom. The number of benzene rings is 2. The number of rotatable bonds is 7. The molecule has 3 aliphatic heterocycles. The van der Waals surface area contributed by atoms with Gasteiger partial charge < -0.3 is 33.7 Å². The van der Waals surface area contributed by atoms with E-state index in [4.69, 9.17) is 23.7 Å². The first-order chi connectivity index (χ1) is 18.0. The lowest BCUT2D eigenvalue weighted by Gasteiger charge is -2.31.